The average Bonchev–Trinajstić information content (AvgIpc) is 3.50. The quantitative estimate of drug-likeness (QED) is 0.290. The molecule has 0 unspecified atom stereocenters. The maximum atomic E-state index is 13.1. The first-order chi connectivity index (χ1) is 18.4. The van der Waals surface area contributed by atoms with Crippen molar-refractivity contribution in [3.05, 3.63) is 69.8 Å². The van der Waals surface area contributed by atoms with E-state index in [0.29, 0.717) is 4.31 Å². The molecule has 0 atom stereocenters. The van der Waals surface area contributed by atoms with Gasteiger partial charge in [0.25, 0.3) is 0 Å². The molecule has 4 aromatic rings. The smallest absolute Gasteiger partial charge is 0.389 e. The number of nitrogens with two attached hydrogens (primary N) is 1. The number of alkyl halides is 3. The number of nitrogens with zero attached hydrogens (tertiary/aromatic N) is 4. The lowest BCUT2D eigenvalue weighted by molar-refractivity contribution is -0.0496. The van der Waals surface area contributed by atoms with Crippen molar-refractivity contribution in [2.75, 3.05) is 13.1 Å². The molecule has 39 heavy (non-hydrogen) atoms. The van der Waals surface area contributed by atoms with Crippen molar-refractivity contribution in [2.45, 2.75) is 44.2 Å². The third kappa shape index (κ3) is 5.58. The minimum Gasteiger partial charge on any atom is -0.389 e. The van der Waals surface area contributed by atoms with Crippen LogP contribution in [0.15, 0.2) is 48.7 Å². The fraction of sp³-hybridized carbons (Fsp3) is 0.346. The zero-order chi connectivity index (χ0) is 27.9. The second-order valence-corrected chi connectivity index (χ2v) is 13.2. The summed E-state index contributed by atoms with van der Waals surface area (Å²) in [4.78, 5) is 0.285. The van der Waals surface area contributed by atoms with Crippen LogP contribution < -0.4 is 5.73 Å². The summed E-state index contributed by atoms with van der Waals surface area (Å²) >= 11 is 6.72. The van der Waals surface area contributed by atoms with E-state index in [1.54, 1.807) is 11.3 Å². The second kappa shape index (κ2) is 10.6. The highest BCUT2D eigenvalue weighted by molar-refractivity contribution is 7.90. The molecular formula is C26H26F3N5O2S3. The topological polar surface area (TPSA) is 94.1 Å². The molecule has 0 spiro atoms. The van der Waals surface area contributed by atoms with Gasteiger partial charge in [-0.1, -0.05) is 42.5 Å². The number of piperidine rings is 1. The number of sulfonamides is 1. The lowest BCUT2D eigenvalue weighted by atomic mass is 10.0. The molecule has 7 nitrogen and oxygen atoms in total. The van der Waals surface area contributed by atoms with E-state index >= 15 is 0 Å². The van der Waals surface area contributed by atoms with E-state index in [1.165, 1.54) is 0 Å². The van der Waals surface area contributed by atoms with Crippen molar-refractivity contribution in [1.82, 2.24) is 19.1 Å². The highest BCUT2D eigenvalue weighted by atomic mass is 32.2. The van der Waals surface area contributed by atoms with Crippen LogP contribution in [0.4, 0.5) is 13.2 Å². The van der Waals surface area contributed by atoms with Gasteiger partial charge in [0.05, 0.1) is 0 Å². The maximum Gasteiger partial charge on any atom is 0.511 e. The molecule has 13 heteroatoms. The summed E-state index contributed by atoms with van der Waals surface area (Å²) in [5.74, 6) is 0. The van der Waals surface area contributed by atoms with Gasteiger partial charge in [0.15, 0.2) is 0 Å². The second-order valence-electron chi connectivity index (χ2n) is 9.54. The SMILES string of the molecule is Cc1nnc(CCc2ccc3c(-c4cccc(C(N)=S)c4)cn(C4CCN(S(=O)(=O)C(F)(F)F)CC4)c3c2)s1. The molecule has 3 heterocycles. The number of aromatic nitrogens is 3. The van der Waals surface area contributed by atoms with Gasteiger partial charge in [0, 0.05) is 53.8 Å². The van der Waals surface area contributed by atoms with Crippen molar-refractivity contribution >= 4 is 49.5 Å². The minimum absolute atomic E-state index is 0.166. The maximum absolute atomic E-state index is 13.1. The monoisotopic (exact) mass is 593 g/mol. The molecule has 0 amide bonds. The van der Waals surface area contributed by atoms with Crippen LogP contribution in [0, 0.1) is 6.92 Å². The Morgan fingerprint density at radius 1 is 1.13 bits per heavy atom. The molecule has 1 fully saturated rings. The lowest BCUT2D eigenvalue weighted by Crippen LogP contribution is -2.45. The summed E-state index contributed by atoms with van der Waals surface area (Å²) < 4.78 is 65.8. The Bertz CT molecular complexity index is 1640. The van der Waals surface area contributed by atoms with Crippen molar-refractivity contribution in [1.29, 1.82) is 0 Å². The van der Waals surface area contributed by atoms with Gasteiger partial charge < -0.3 is 10.3 Å². The van der Waals surface area contributed by atoms with Crippen molar-refractivity contribution < 1.29 is 21.6 Å². The highest BCUT2D eigenvalue weighted by Crippen LogP contribution is 2.38. The predicted molar refractivity (Wildman–Crippen MR) is 150 cm³/mol. The van der Waals surface area contributed by atoms with E-state index in [1.807, 2.05) is 37.4 Å². The Labute approximate surface area is 233 Å². The molecule has 0 bridgehead atoms. The molecule has 0 aliphatic carbocycles. The third-order valence-corrected chi connectivity index (χ3v) is 9.77. The van der Waals surface area contributed by atoms with Gasteiger partial charge in [0.2, 0.25) is 0 Å². The summed E-state index contributed by atoms with van der Waals surface area (Å²) in [6, 6.07) is 13.7. The fourth-order valence-corrected chi connectivity index (χ4v) is 6.84. The van der Waals surface area contributed by atoms with Crippen LogP contribution >= 0.6 is 23.6 Å². The Morgan fingerprint density at radius 3 is 2.51 bits per heavy atom. The summed E-state index contributed by atoms with van der Waals surface area (Å²) in [7, 11) is -5.35. The number of aryl methyl sites for hydroxylation is 3. The predicted octanol–water partition coefficient (Wildman–Crippen LogP) is 5.37. The number of hydrogen-bond donors (Lipinski definition) is 1. The summed E-state index contributed by atoms with van der Waals surface area (Å²) in [5.41, 5.74) is 5.18. The molecule has 1 aliphatic rings. The molecule has 2 aromatic heterocycles. The largest absolute Gasteiger partial charge is 0.511 e. The Balaban J connectivity index is 1.50. The number of thiocarbonyl (C=S) groups is 1. The molecule has 0 saturated carbocycles. The van der Waals surface area contributed by atoms with E-state index in [4.69, 9.17) is 18.0 Å². The van der Waals surface area contributed by atoms with Crippen LogP contribution in [0.25, 0.3) is 22.0 Å². The van der Waals surface area contributed by atoms with Crippen LogP contribution in [0.3, 0.4) is 0 Å². The molecule has 0 radical (unpaired) electrons. The zero-order valence-electron chi connectivity index (χ0n) is 21.0. The van der Waals surface area contributed by atoms with E-state index in [9.17, 15) is 21.6 Å². The van der Waals surface area contributed by atoms with Crippen molar-refractivity contribution in [3.63, 3.8) is 0 Å². The van der Waals surface area contributed by atoms with Crippen LogP contribution in [-0.2, 0) is 22.9 Å². The standard InChI is InChI=1S/C26H26F3N5O2S3/c1-16-31-32-24(38-16)8-6-17-5-7-21-22(18-3-2-4-19(14-18)25(30)37)15-34(23(21)13-17)20-9-11-33(12-10-20)39(35,36)26(27,28)29/h2-5,7,13-15,20H,6,8-12H2,1H3,(H2,30,37). The summed E-state index contributed by atoms with van der Waals surface area (Å²) in [6.07, 6.45) is 4.03. The van der Waals surface area contributed by atoms with Gasteiger partial charge in [-0.05, 0) is 49.4 Å². The van der Waals surface area contributed by atoms with E-state index in [-0.39, 0.29) is 37.0 Å². The summed E-state index contributed by atoms with van der Waals surface area (Å²) in [6.45, 7) is 1.52. The van der Waals surface area contributed by atoms with Crippen LogP contribution in [0.5, 0.6) is 0 Å². The number of halogens is 3. The minimum atomic E-state index is -5.35. The molecule has 206 valence electrons. The number of rotatable bonds is 7. The van der Waals surface area contributed by atoms with Crippen molar-refractivity contribution in [3.8, 4) is 11.1 Å². The average molecular weight is 594 g/mol. The number of hydrogen-bond acceptors (Lipinski definition) is 6. The Kier molecular flexibility index (Phi) is 7.53. The van der Waals surface area contributed by atoms with E-state index in [2.05, 4.69) is 33.0 Å². The first-order valence-corrected chi connectivity index (χ1v) is 15.0. The number of fused-ring (bicyclic) bond motifs is 1. The van der Waals surface area contributed by atoms with E-state index in [0.717, 1.165) is 56.0 Å². The lowest BCUT2D eigenvalue weighted by Gasteiger charge is -2.32. The fourth-order valence-electron chi connectivity index (χ4n) is 5.02. The first-order valence-electron chi connectivity index (χ1n) is 12.3. The van der Waals surface area contributed by atoms with Gasteiger partial charge >= 0.3 is 15.5 Å². The van der Waals surface area contributed by atoms with Gasteiger partial charge in [-0.3, -0.25) is 0 Å². The van der Waals surface area contributed by atoms with Gasteiger partial charge in [0.1, 0.15) is 15.0 Å². The normalized spacial score (nSPS) is 15.7. The Morgan fingerprint density at radius 2 is 1.87 bits per heavy atom. The first kappa shape index (κ1) is 27.7. The zero-order valence-corrected chi connectivity index (χ0v) is 23.4. The Hall–Kier alpha value is -2.87. The summed E-state index contributed by atoms with van der Waals surface area (Å²) in [5, 5.41) is 11.1. The molecule has 5 rings (SSSR count). The van der Waals surface area contributed by atoms with Gasteiger partial charge in [-0.2, -0.15) is 17.5 Å². The number of benzene rings is 2. The van der Waals surface area contributed by atoms with E-state index < -0.39 is 15.5 Å². The molecule has 1 saturated heterocycles. The molecular weight excluding hydrogens is 568 g/mol. The van der Waals surface area contributed by atoms with Crippen molar-refractivity contribution in [2.24, 2.45) is 5.73 Å². The highest BCUT2D eigenvalue weighted by Gasteiger charge is 2.50. The van der Waals surface area contributed by atoms with Gasteiger partial charge in [-0.15, -0.1) is 21.5 Å². The van der Waals surface area contributed by atoms with Crippen LogP contribution in [0.1, 0.15) is 40.0 Å². The molecule has 2 N–H and O–H groups in total. The molecule has 2 aromatic carbocycles. The van der Waals surface area contributed by atoms with Crippen LogP contribution in [-0.4, -0.2) is 51.1 Å². The van der Waals surface area contributed by atoms with Crippen LogP contribution in [0.2, 0.25) is 0 Å². The van der Waals surface area contributed by atoms with Gasteiger partial charge in [-0.25, -0.2) is 8.42 Å². The molecule has 1 aliphatic heterocycles. The third-order valence-electron chi connectivity index (χ3n) is 7.00.